The molecule has 0 fully saturated rings. The fourth-order valence-corrected chi connectivity index (χ4v) is 2.09. The maximum absolute atomic E-state index is 13.8. The molecule has 0 radical (unpaired) electrons. The van der Waals surface area contributed by atoms with Gasteiger partial charge in [0.15, 0.2) is 12.0 Å². The van der Waals surface area contributed by atoms with Gasteiger partial charge in [-0.15, -0.1) is 0 Å². The molecule has 1 heterocycles. The van der Waals surface area contributed by atoms with Crippen molar-refractivity contribution in [2.45, 2.75) is 32.4 Å². The molecule has 102 valence electrons. The number of halogens is 2. The van der Waals surface area contributed by atoms with Gasteiger partial charge in [-0.2, -0.15) is 0 Å². The minimum absolute atomic E-state index is 0.223. The van der Waals surface area contributed by atoms with Gasteiger partial charge in [-0.25, -0.2) is 9.38 Å². The smallest absolute Gasteiger partial charge is 0.256 e. The van der Waals surface area contributed by atoms with Crippen molar-refractivity contribution >= 4 is 27.8 Å². The SMILES string of the molecule is CC(C)(C)NC1=NC(c2ccc(Br)cc2F)C(=O)N1. The molecule has 2 rings (SSSR count). The monoisotopic (exact) mass is 327 g/mol. The molecule has 1 unspecified atom stereocenters. The molecule has 1 aliphatic rings. The highest BCUT2D eigenvalue weighted by molar-refractivity contribution is 9.10. The van der Waals surface area contributed by atoms with Gasteiger partial charge in [0.2, 0.25) is 0 Å². The number of aliphatic imine (C=N–C) groups is 1. The molecule has 1 aromatic carbocycles. The first-order valence-electron chi connectivity index (χ1n) is 5.88. The Bertz CT molecular complexity index is 551. The number of guanidine groups is 1. The summed E-state index contributed by atoms with van der Waals surface area (Å²) in [4.78, 5) is 16.1. The van der Waals surface area contributed by atoms with Gasteiger partial charge in [0.05, 0.1) is 0 Å². The van der Waals surface area contributed by atoms with Crippen molar-refractivity contribution < 1.29 is 9.18 Å². The summed E-state index contributed by atoms with van der Waals surface area (Å²) in [5, 5.41) is 5.69. The number of rotatable bonds is 1. The summed E-state index contributed by atoms with van der Waals surface area (Å²) in [6, 6.07) is 3.75. The highest BCUT2D eigenvalue weighted by atomic mass is 79.9. The molecule has 1 aliphatic heterocycles. The molecule has 1 atom stereocenters. The minimum atomic E-state index is -0.835. The lowest BCUT2D eigenvalue weighted by Crippen LogP contribution is -2.46. The van der Waals surface area contributed by atoms with Crippen LogP contribution in [0.15, 0.2) is 27.7 Å². The maximum Gasteiger partial charge on any atom is 0.256 e. The number of nitrogens with one attached hydrogen (secondary N) is 2. The van der Waals surface area contributed by atoms with E-state index >= 15 is 0 Å². The fraction of sp³-hybridized carbons (Fsp3) is 0.385. The molecule has 0 spiro atoms. The number of nitrogens with zero attached hydrogens (tertiary/aromatic N) is 1. The molecule has 1 aromatic rings. The average Bonchev–Trinajstić information content (AvgIpc) is 2.56. The van der Waals surface area contributed by atoms with Crippen LogP contribution in [0.3, 0.4) is 0 Å². The third-order valence-corrected chi connectivity index (χ3v) is 2.99. The van der Waals surface area contributed by atoms with E-state index in [0.717, 1.165) is 0 Å². The van der Waals surface area contributed by atoms with E-state index in [1.54, 1.807) is 12.1 Å². The summed E-state index contributed by atoms with van der Waals surface area (Å²) in [5.41, 5.74) is 0.0469. The molecule has 2 N–H and O–H groups in total. The normalized spacial score (nSPS) is 19.1. The zero-order valence-electron chi connectivity index (χ0n) is 10.9. The van der Waals surface area contributed by atoms with Crippen LogP contribution in [0.25, 0.3) is 0 Å². The summed E-state index contributed by atoms with van der Waals surface area (Å²) in [6.45, 7) is 5.86. The van der Waals surface area contributed by atoms with E-state index in [9.17, 15) is 9.18 Å². The first-order chi connectivity index (χ1) is 8.76. The largest absolute Gasteiger partial charge is 0.351 e. The number of hydrogen-bond acceptors (Lipinski definition) is 3. The Hall–Kier alpha value is -1.43. The third-order valence-electron chi connectivity index (χ3n) is 2.50. The van der Waals surface area contributed by atoms with Crippen molar-refractivity contribution in [1.29, 1.82) is 0 Å². The minimum Gasteiger partial charge on any atom is -0.351 e. The van der Waals surface area contributed by atoms with Crippen molar-refractivity contribution in [2.24, 2.45) is 4.99 Å². The number of benzene rings is 1. The molecule has 6 heteroatoms. The summed E-state index contributed by atoms with van der Waals surface area (Å²) in [6.07, 6.45) is 0. The summed E-state index contributed by atoms with van der Waals surface area (Å²) < 4.78 is 14.5. The topological polar surface area (TPSA) is 53.5 Å². The first-order valence-corrected chi connectivity index (χ1v) is 6.67. The molecule has 0 saturated carbocycles. The van der Waals surface area contributed by atoms with Crippen LogP contribution >= 0.6 is 15.9 Å². The molecule has 0 bridgehead atoms. The van der Waals surface area contributed by atoms with Crippen LogP contribution < -0.4 is 10.6 Å². The highest BCUT2D eigenvalue weighted by Gasteiger charge is 2.31. The van der Waals surface area contributed by atoms with Crippen LogP contribution in [0, 0.1) is 5.82 Å². The molecular formula is C13H15BrFN3O. The third kappa shape index (κ3) is 3.32. The number of hydrogen-bond donors (Lipinski definition) is 2. The second-order valence-electron chi connectivity index (χ2n) is 5.41. The Morgan fingerprint density at radius 2 is 2.11 bits per heavy atom. The Balaban J connectivity index is 2.27. The van der Waals surface area contributed by atoms with Crippen LogP contribution in [0.4, 0.5) is 4.39 Å². The predicted octanol–water partition coefficient (Wildman–Crippen LogP) is 2.50. The number of amides is 1. The molecule has 0 aliphatic carbocycles. The van der Waals surface area contributed by atoms with Crippen molar-refractivity contribution in [1.82, 2.24) is 10.6 Å². The van der Waals surface area contributed by atoms with Gasteiger partial charge in [-0.1, -0.05) is 22.0 Å². The zero-order valence-corrected chi connectivity index (χ0v) is 12.5. The van der Waals surface area contributed by atoms with Crippen molar-refractivity contribution in [2.75, 3.05) is 0 Å². The zero-order chi connectivity index (χ0) is 14.2. The molecule has 1 amide bonds. The van der Waals surface area contributed by atoms with Gasteiger partial charge in [-0.3, -0.25) is 10.1 Å². The highest BCUT2D eigenvalue weighted by Crippen LogP contribution is 2.26. The van der Waals surface area contributed by atoms with Gasteiger partial charge in [0, 0.05) is 15.6 Å². The number of carbonyl (C=O) groups is 1. The van der Waals surface area contributed by atoms with Crippen molar-refractivity contribution in [3.05, 3.63) is 34.1 Å². The van der Waals surface area contributed by atoms with Crippen LogP contribution in [0.1, 0.15) is 32.4 Å². The lowest BCUT2D eigenvalue weighted by molar-refractivity contribution is -0.120. The van der Waals surface area contributed by atoms with E-state index in [-0.39, 0.29) is 17.0 Å². The molecule has 19 heavy (non-hydrogen) atoms. The van der Waals surface area contributed by atoms with Crippen LogP contribution in [-0.2, 0) is 4.79 Å². The maximum atomic E-state index is 13.8. The molecule has 0 saturated heterocycles. The fourth-order valence-electron chi connectivity index (χ4n) is 1.76. The van der Waals surface area contributed by atoms with E-state index in [4.69, 9.17) is 0 Å². The van der Waals surface area contributed by atoms with E-state index < -0.39 is 11.9 Å². The number of carbonyl (C=O) groups excluding carboxylic acids is 1. The second-order valence-corrected chi connectivity index (χ2v) is 6.33. The van der Waals surface area contributed by atoms with E-state index in [0.29, 0.717) is 10.4 Å². The Labute approximate surface area is 119 Å². The second kappa shape index (κ2) is 4.92. The van der Waals surface area contributed by atoms with Gasteiger partial charge in [0.1, 0.15) is 5.82 Å². The van der Waals surface area contributed by atoms with Crippen LogP contribution in [-0.4, -0.2) is 17.4 Å². The first kappa shape index (κ1) is 14.0. The lowest BCUT2D eigenvalue weighted by Gasteiger charge is -2.21. The summed E-state index contributed by atoms with van der Waals surface area (Å²) in [5.74, 6) is -0.395. The van der Waals surface area contributed by atoms with Gasteiger partial charge in [-0.05, 0) is 32.9 Å². The van der Waals surface area contributed by atoms with Gasteiger partial charge >= 0.3 is 0 Å². The molecular weight excluding hydrogens is 313 g/mol. The van der Waals surface area contributed by atoms with Crippen molar-refractivity contribution in [3.8, 4) is 0 Å². The molecule has 0 aromatic heterocycles. The average molecular weight is 328 g/mol. The quantitative estimate of drug-likeness (QED) is 0.832. The van der Waals surface area contributed by atoms with Gasteiger partial charge in [0.25, 0.3) is 5.91 Å². The molecule has 4 nitrogen and oxygen atoms in total. The van der Waals surface area contributed by atoms with E-state index in [2.05, 4.69) is 31.6 Å². The Morgan fingerprint density at radius 3 is 2.68 bits per heavy atom. The van der Waals surface area contributed by atoms with Crippen LogP contribution in [0.2, 0.25) is 0 Å². The Morgan fingerprint density at radius 1 is 1.42 bits per heavy atom. The predicted molar refractivity (Wildman–Crippen MR) is 75.3 cm³/mol. The van der Waals surface area contributed by atoms with E-state index in [1.165, 1.54) is 6.07 Å². The summed E-state index contributed by atoms with van der Waals surface area (Å²) in [7, 11) is 0. The van der Waals surface area contributed by atoms with Gasteiger partial charge < -0.3 is 5.32 Å². The Kier molecular flexibility index (Phi) is 3.62. The van der Waals surface area contributed by atoms with Crippen LogP contribution in [0.5, 0.6) is 0 Å². The lowest BCUT2D eigenvalue weighted by atomic mass is 10.1. The van der Waals surface area contributed by atoms with E-state index in [1.807, 2.05) is 20.8 Å². The summed E-state index contributed by atoms with van der Waals surface area (Å²) >= 11 is 3.18. The standard InChI is InChI=1S/C13H15BrFN3O/c1-13(2,3)18-12-16-10(11(19)17-12)8-5-4-7(14)6-9(8)15/h4-6,10H,1-3H3,(H2,16,17,18,19). The van der Waals surface area contributed by atoms with Crippen molar-refractivity contribution in [3.63, 3.8) is 0 Å².